The van der Waals surface area contributed by atoms with Gasteiger partial charge in [0, 0.05) is 23.8 Å². The predicted octanol–water partition coefficient (Wildman–Crippen LogP) is 2.43. The maximum Gasteiger partial charge on any atom is 0.437 e. The van der Waals surface area contributed by atoms with E-state index >= 15 is 0 Å². The molecule has 2 unspecified atom stereocenters. The van der Waals surface area contributed by atoms with E-state index in [0.29, 0.717) is 30.6 Å². The van der Waals surface area contributed by atoms with Gasteiger partial charge in [0.1, 0.15) is 0 Å². The van der Waals surface area contributed by atoms with Crippen molar-refractivity contribution >= 4 is 21.8 Å². The molecule has 2 atom stereocenters. The predicted molar refractivity (Wildman–Crippen MR) is 69.9 cm³/mol. The van der Waals surface area contributed by atoms with Crippen LogP contribution in [0.3, 0.4) is 0 Å². The molecule has 1 aliphatic carbocycles. The largest absolute Gasteiger partial charge is 0.437 e. The van der Waals surface area contributed by atoms with Crippen LogP contribution in [0.5, 0.6) is 0 Å². The molecular weight excluding hydrogens is 334 g/mol. The Kier molecular flexibility index (Phi) is 3.50. The van der Waals surface area contributed by atoms with Crippen LogP contribution in [-0.2, 0) is 16.1 Å². The zero-order valence-electron chi connectivity index (χ0n) is 10.6. The minimum atomic E-state index is -3.79. The maximum absolute atomic E-state index is 13.7. The first-order chi connectivity index (χ1) is 9.45. The van der Waals surface area contributed by atoms with E-state index < -0.39 is 18.6 Å². The SMILES string of the molecule is O=C(N1CC2CC2C1)C(F)(F)OCc1ccc(Br)cn1. The highest BCUT2D eigenvalue weighted by Gasteiger charge is 2.52. The molecule has 2 fully saturated rings. The number of nitrogens with zero attached hydrogens (tertiary/aromatic N) is 2. The summed E-state index contributed by atoms with van der Waals surface area (Å²) in [6.45, 7) is 0.463. The van der Waals surface area contributed by atoms with Gasteiger partial charge in [0.25, 0.3) is 0 Å². The number of alkyl halides is 2. The van der Waals surface area contributed by atoms with Crippen LogP contribution in [0.25, 0.3) is 0 Å². The summed E-state index contributed by atoms with van der Waals surface area (Å²) in [5.74, 6) is -0.396. The Balaban J connectivity index is 1.57. The first kappa shape index (κ1) is 13.9. The minimum absolute atomic E-state index is 0.352. The van der Waals surface area contributed by atoms with Crippen LogP contribution in [0.2, 0.25) is 0 Å². The third-order valence-corrected chi connectivity index (χ3v) is 4.17. The van der Waals surface area contributed by atoms with E-state index in [9.17, 15) is 13.6 Å². The van der Waals surface area contributed by atoms with Gasteiger partial charge in [-0.05, 0) is 46.3 Å². The van der Waals surface area contributed by atoms with Crippen molar-refractivity contribution in [3.8, 4) is 0 Å². The lowest BCUT2D eigenvalue weighted by Crippen LogP contribution is -2.44. The molecule has 1 saturated carbocycles. The number of hydrogen-bond donors (Lipinski definition) is 0. The Hall–Kier alpha value is -1.08. The van der Waals surface area contributed by atoms with Crippen molar-refractivity contribution in [2.75, 3.05) is 13.1 Å². The number of carbonyl (C=O) groups is 1. The molecule has 0 spiro atoms. The number of aromatic nitrogens is 1. The van der Waals surface area contributed by atoms with Gasteiger partial charge >= 0.3 is 12.0 Å². The number of pyridine rings is 1. The molecule has 1 aromatic rings. The van der Waals surface area contributed by atoms with E-state index in [1.54, 1.807) is 12.1 Å². The van der Waals surface area contributed by atoms with Crippen molar-refractivity contribution in [1.82, 2.24) is 9.88 Å². The number of likely N-dealkylation sites (tertiary alicyclic amines) is 1. The molecule has 2 aliphatic rings. The normalized spacial score (nSPS) is 24.6. The first-order valence-corrected chi connectivity index (χ1v) is 7.16. The number of rotatable bonds is 4. The van der Waals surface area contributed by atoms with E-state index in [1.165, 1.54) is 11.1 Å². The van der Waals surface area contributed by atoms with Crippen molar-refractivity contribution in [2.24, 2.45) is 11.8 Å². The second-order valence-corrected chi connectivity index (χ2v) is 6.15. The number of fused-ring (bicyclic) bond motifs is 1. The number of carbonyl (C=O) groups excluding carboxylic acids is 1. The van der Waals surface area contributed by atoms with E-state index in [-0.39, 0.29) is 0 Å². The van der Waals surface area contributed by atoms with Gasteiger partial charge < -0.3 is 9.64 Å². The monoisotopic (exact) mass is 346 g/mol. The third kappa shape index (κ3) is 2.83. The van der Waals surface area contributed by atoms with Crippen LogP contribution in [0.1, 0.15) is 12.1 Å². The molecule has 0 bridgehead atoms. The minimum Gasteiger partial charge on any atom is -0.335 e. The highest BCUT2D eigenvalue weighted by Crippen LogP contribution is 2.45. The number of ether oxygens (including phenoxy) is 1. The third-order valence-electron chi connectivity index (χ3n) is 3.70. The Labute approximate surface area is 123 Å². The second-order valence-electron chi connectivity index (χ2n) is 5.24. The van der Waals surface area contributed by atoms with Gasteiger partial charge in [-0.2, -0.15) is 8.78 Å². The second kappa shape index (κ2) is 5.04. The summed E-state index contributed by atoms with van der Waals surface area (Å²) < 4.78 is 32.7. The molecule has 0 N–H and O–H groups in total. The Bertz CT molecular complexity index is 514. The van der Waals surface area contributed by atoms with Crippen LogP contribution >= 0.6 is 15.9 Å². The fourth-order valence-corrected chi connectivity index (χ4v) is 2.70. The molecule has 0 aromatic carbocycles. The Morgan fingerprint density at radius 1 is 1.45 bits per heavy atom. The average molecular weight is 347 g/mol. The summed E-state index contributed by atoms with van der Waals surface area (Å²) in [7, 11) is 0. The van der Waals surface area contributed by atoms with Gasteiger partial charge in [-0.25, -0.2) is 0 Å². The quantitative estimate of drug-likeness (QED) is 0.840. The molecule has 1 saturated heterocycles. The number of hydrogen-bond acceptors (Lipinski definition) is 3. The summed E-state index contributed by atoms with van der Waals surface area (Å²) in [6, 6.07) is 3.25. The molecular formula is C13H13BrF2N2O2. The van der Waals surface area contributed by atoms with E-state index in [0.717, 1.165) is 10.9 Å². The molecule has 1 amide bonds. The molecule has 7 heteroatoms. The molecule has 1 aliphatic heterocycles. The van der Waals surface area contributed by atoms with Gasteiger partial charge in [-0.3, -0.25) is 9.78 Å². The fraction of sp³-hybridized carbons (Fsp3) is 0.538. The van der Waals surface area contributed by atoms with Gasteiger partial charge in [-0.1, -0.05) is 0 Å². The van der Waals surface area contributed by atoms with Crippen molar-refractivity contribution in [2.45, 2.75) is 19.1 Å². The summed E-state index contributed by atoms with van der Waals surface area (Å²) in [5, 5.41) is 0. The van der Waals surface area contributed by atoms with Gasteiger partial charge in [0.05, 0.1) is 12.3 Å². The summed E-state index contributed by atoms with van der Waals surface area (Å²) in [5.41, 5.74) is 0.352. The number of halogens is 3. The molecule has 0 radical (unpaired) electrons. The van der Waals surface area contributed by atoms with Crippen molar-refractivity contribution in [3.63, 3.8) is 0 Å². The molecule has 108 valence electrons. The van der Waals surface area contributed by atoms with E-state index in [2.05, 4.69) is 25.7 Å². The molecule has 20 heavy (non-hydrogen) atoms. The zero-order chi connectivity index (χ0) is 14.3. The molecule has 1 aromatic heterocycles. The summed E-state index contributed by atoms with van der Waals surface area (Å²) >= 11 is 3.20. The summed E-state index contributed by atoms with van der Waals surface area (Å²) in [6.07, 6.45) is -1.24. The molecule has 4 nitrogen and oxygen atoms in total. The van der Waals surface area contributed by atoms with Crippen LogP contribution in [0.15, 0.2) is 22.8 Å². The highest BCUT2D eigenvalue weighted by atomic mass is 79.9. The van der Waals surface area contributed by atoms with Crippen LogP contribution in [-0.4, -0.2) is 35.0 Å². The van der Waals surface area contributed by atoms with Crippen molar-refractivity contribution in [1.29, 1.82) is 0 Å². The van der Waals surface area contributed by atoms with E-state index in [1.807, 2.05) is 0 Å². The lowest BCUT2D eigenvalue weighted by Gasteiger charge is -2.23. The molecule has 3 rings (SSSR count). The highest BCUT2D eigenvalue weighted by molar-refractivity contribution is 9.10. The van der Waals surface area contributed by atoms with Crippen molar-refractivity contribution < 1.29 is 18.3 Å². The van der Waals surface area contributed by atoms with Gasteiger partial charge in [0.2, 0.25) is 0 Å². The number of piperidine rings is 1. The Morgan fingerprint density at radius 3 is 2.75 bits per heavy atom. The maximum atomic E-state index is 13.7. The summed E-state index contributed by atoms with van der Waals surface area (Å²) in [4.78, 5) is 16.9. The average Bonchev–Trinajstić information content (AvgIpc) is 3.04. The van der Waals surface area contributed by atoms with Gasteiger partial charge in [0.15, 0.2) is 0 Å². The first-order valence-electron chi connectivity index (χ1n) is 6.37. The van der Waals surface area contributed by atoms with Crippen LogP contribution in [0, 0.1) is 11.8 Å². The van der Waals surface area contributed by atoms with Crippen molar-refractivity contribution in [3.05, 3.63) is 28.5 Å². The van der Waals surface area contributed by atoms with Gasteiger partial charge in [-0.15, -0.1) is 0 Å². The Morgan fingerprint density at radius 2 is 2.15 bits per heavy atom. The fourth-order valence-electron chi connectivity index (χ4n) is 2.47. The smallest absolute Gasteiger partial charge is 0.335 e. The van der Waals surface area contributed by atoms with Crippen LogP contribution < -0.4 is 0 Å². The zero-order valence-corrected chi connectivity index (χ0v) is 12.1. The number of amides is 1. The lowest BCUT2D eigenvalue weighted by atomic mass is 10.3. The van der Waals surface area contributed by atoms with Crippen LogP contribution in [0.4, 0.5) is 8.78 Å². The van der Waals surface area contributed by atoms with E-state index in [4.69, 9.17) is 0 Å². The lowest BCUT2D eigenvalue weighted by molar-refractivity contribution is -0.244. The molecule has 2 heterocycles. The standard InChI is InChI=1S/C13H13BrF2N2O2/c14-10-1-2-11(17-4-10)7-20-13(15,16)12(19)18-5-8-3-9(8)6-18/h1-2,4,8-9H,3,5-7H2. The topological polar surface area (TPSA) is 42.4 Å².